The third kappa shape index (κ3) is 3.19. The minimum Gasteiger partial charge on any atom is -0.371 e. The minimum atomic E-state index is -0.141. The molecule has 126 valence electrons. The molecule has 1 fully saturated rings. The predicted octanol–water partition coefficient (Wildman–Crippen LogP) is 3.13. The summed E-state index contributed by atoms with van der Waals surface area (Å²) in [7, 11) is 0. The van der Waals surface area contributed by atoms with E-state index < -0.39 is 0 Å². The SMILES string of the molecule is O=C(N[C@@H]1CCO[C@@H]1c1ccccc1)c1cncn1-c1ccccc1. The maximum absolute atomic E-state index is 12.8. The highest BCUT2D eigenvalue weighted by atomic mass is 16.5. The van der Waals surface area contributed by atoms with Crippen LogP contribution >= 0.6 is 0 Å². The second-order valence-corrected chi connectivity index (χ2v) is 6.06. The number of imidazole rings is 1. The van der Waals surface area contributed by atoms with Crippen molar-refractivity contribution in [2.75, 3.05) is 6.61 Å². The molecule has 2 atom stereocenters. The molecular weight excluding hydrogens is 314 g/mol. The molecular formula is C20H19N3O2. The molecule has 2 heterocycles. The van der Waals surface area contributed by atoms with Crippen LogP contribution in [0.25, 0.3) is 5.69 Å². The highest BCUT2D eigenvalue weighted by Gasteiger charge is 2.31. The first kappa shape index (κ1) is 15.6. The lowest BCUT2D eigenvalue weighted by atomic mass is 10.0. The van der Waals surface area contributed by atoms with Crippen molar-refractivity contribution in [3.8, 4) is 5.69 Å². The van der Waals surface area contributed by atoms with E-state index in [0.29, 0.717) is 12.3 Å². The van der Waals surface area contributed by atoms with Crippen molar-refractivity contribution in [1.29, 1.82) is 0 Å². The Balaban J connectivity index is 1.54. The molecule has 1 aliphatic rings. The lowest BCUT2D eigenvalue weighted by Crippen LogP contribution is -2.37. The van der Waals surface area contributed by atoms with Crippen LogP contribution < -0.4 is 5.32 Å². The van der Waals surface area contributed by atoms with E-state index in [-0.39, 0.29) is 18.1 Å². The van der Waals surface area contributed by atoms with Crippen LogP contribution in [-0.4, -0.2) is 28.1 Å². The van der Waals surface area contributed by atoms with Gasteiger partial charge in [-0.3, -0.25) is 9.36 Å². The zero-order chi connectivity index (χ0) is 17.1. The van der Waals surface area contributed by atoms with Crippen molar-refractivity contribution in [2.24, 2.45) is 0 Å². The number of carbonyl (C=O) groups is 1. The number of nitrogens with one attached hydrogen (secondary N) is 1. The second kappa shape index (κ2) is 6.91. The largest absolute Gasteiger partial charge is 0.371 e. The Hall–Kier alpha value is -2.92. The van der Waals surface area contributed by atoms with Gasteiger partial charge < -0.3 is 10.1 Å². The third-order valence-electron chi connectivity index (χ3n) is 4.44. The minimum absolute atomic E-state index is 0.0472. The molecule has 5 nitrogen and oxygen atoms in total. The van der Waals surface area contributed by atoms with E-state index in [0.717, 1.165) is 17.7 Å². The van der Waals surface area contributed by atoms with E-state index >= 15 is 0 Å². The summed E-state index contributed by atoms with van der Waals surface area (Å²) in [5.41, 5.74) is 2.51. The molecule has 1 aliphatic heterocycles. The zero-order valence-corrected chi connectivity index (χ0v) is 13.7. The molecule has 3 aromatic rings. The number of amides is 1. The van der Waals surface area contributed by atoms with Crippen LogP contribution in [0.2, 0.25) is 0 Å². The molecule has 0 radical (unpaired) electrons. The molecule has 1 saturated heterocycles. The standard InChI is InChI=1S/C20H19N3O2/c24-20(18-13-21-14-23(18)16-9-5-2-6-10-16)22-17-11-12-25-19(17)15-7-3-1-4-8-15/h1-10,13-14,17,19H,11-12H2,(H,22,24)/t17-,19-/m1/s1. The molecule has 0 saturated carbocycles. The monoisotopic (exact) mass is 333 g/mol. The van der Waals surface area contributed by atoms with Crippen LogP contribution in [0.4, 0.5) is 0 Å². The molecule has 25 heavy (non-hydrogen) atoms. The van der Waals surface area contributed by atoms with Crippen molar-refractivity contribution in [2.45, 2.75) is 18.6 Å². The van der Waals surface area contributed by atoms with Crippen LogP contribution in [0.15, 0.2) is 73.2 Å². The Bertz CT molecular complexity index is 846. The van der Waals surface area contributed by atoms with E-state index in [2.05, 4.69) is 10.3 Å². The molecule has 1 N–H and O–H groups in total. The van der Waals surface area contributed by atoms with E-state index in [1.807, 2.05) is 60.7 Å². The van der Waals surface area contributed by atoms with Gasteiger partial charge in [0.2, 0.25) is 0 Å². The molecule has 1 aromatic heterocycles. The number of rotatable bonds is 4. The number of para-hydroxylation sites is 1. The van der Waals surface area contributed by atoms with Crippen LogP contribution in [0.5, 0.6) is 0 Å². The van der Waals surface area contributed by atoms with Gasteiger partial charge in [0.25, 0.3) is 5.91 Å². The average molecular weight is 333 g/mol. The molecule has 0 unspecified atom stereocenters. The second-order valence-electron chi connectivity index (χ2n) is 6.06. The van der Waals surface area contributed by atoms with Crippen molar-refractivity contribution in [3.63, 3.8) is 0 Å². The molecule has 2 aromatic carbocycles. The topological polar surface area (TPSA) is 56.1 Å². The fourth-order valence-corrected chi connectivity index (χ4v) is 3.21. The smallest absolute Gasteiger partial charge is 0.270 e. The Labute approximate surface area is 146 Å². The summed E-state index contributed by atoms with van der Waals surface area (Å²) >= 11 is 0. The summed E-state index contributed by atoms with van der Waals surface area (Å²) in [6.45, 7) is 0.641. The summed E-state index contributed by atoms with van der Waals surface area (Å²) in [5.74, 6) is -0.141. The lowest BCUT2D eigenvalue weighted by molar-refractivity contribution is 0.0816. The number of benzene rings is 2. The van der Waals surface area contributed by atoms with Gasteiger partial charge in [0, 0.05) is 12.3 Å². The van der Waals surface area contributed by atoms with E-state index in [1.165, 1.54) is 0 Å². The lowest BCUT2D eigenvalue weighted by Gasteiger charge is -2.20. The van der Waals surface area contributed by atoms with Crippen LogP contribution in [0.3, 0.4) is 0 Å². The molecule has 4 rings (SSSR count). The van der Waals surface area contributed by atoms with Gasteiger partial charge in [-0.2, -0.15) is 0 Å². The first-order valence-corrected chi connectivity index (χ1v) is 8.38. The van der Waals surface area contributed by atoms with Crippen molar-refractivity contribution < 1.29 is 9.53 Å². The summed E-state index contributed by atoms with van der Waals surface area (Å²) in [6, 6.07) is 19.7. The fraction of sp³-hybridized carbons (Fsp3) is 0.200. The van der Waals surface area contributed by atoms with Gasteiger partial charge in [-0.05, 0) is 24.1 Å². The Morgan fingerprint density at radius 1 is 1.08 bits per heavy atom. The average Bonchev–Trinajstić information content (AvgIpc) is 3.32. The predicted molar refractivity (Wildman–Crippen MR) is 94.6 cm³/mol. The van der Waals surface area contributed by atoms with Gasteiger partial charge in [-0.1, -0.05) is 48.5 Å². The number of carbonyl (C=O) groups excluding carboxylic acids is 1. The van der Waals surface area contributed by atoms with Crippen molar-refractivity contribution in [3.05, 3.63) is 84.4 Å². The number of nitrogens with zero attached hydrogens (tertiary/aromatic N) is 2. The van der Waals surface area contributed by atoms with Gasteiger partial charge in [0.05, 0.1) is 18.6 Å². The highest BCUT2D eigenvalue weighted by Crippen LogP contribution is 2.29. The molecule has 0 bridgehead atoms. The van der Waals surface area contributed by atoms with E-state index in [9.17, 15) is 4.79 Å². The number of hydrogen-bond donors (Lipinski definition) is 1. The number of ether oxygens (including phenoxy) is 1. The van der Waals surface area contributed by atoms with Gasteiger partial charge in [0.1, 0.15) is 11.8 Å². The maximum Gasteiger partial charge on any atom is 0.270 e. The first-order valence-electron chi connectivity index (χ1n) is 8.38. The van der Waals surface area contributed by atoms with Gasteiger partial charge in [0.15, 0.2) is 0 Å². The van der Waals surface area contributed by atoms with Crippen LogP contribution in [0, 0.1) is 0 Å². The van der Waals surface area contributed by atoms with Crippen molar-refractivity contribution >= 4 is 5.91 Å². The van der Waals surface area contributed by atoms with E-state index in [1.54, 1.807) is 17.1 Å². The van der Waals surface area contributed by atoms with E-state index in [4.69, 9.17) is 4.74 Å². The molecule has 0 spiro atoms. The van der Waals surface area contributed by atoms with Crippen LogP contribution in [-0.2, 0) is 4.74 Å². The number of aromatic nitrogens is 2. The summed E-state index contributed by atoms with van der Waals surface area (Å²) in [4.78, 5) is 16.9. The summed E-state index contributed by atoms with van der Waals surface area (Å²) in [6.07, 6.45) is 3.93. The first-order chi connectivity index (χ1) is 12.3. The van der Waals surface area contributed by atoms with Gasteiger partial charge >= 0.3 is 0 Å². The Morgan fingerprint density at radius 2 is 1.80 bits per heavy atom. The molecule has 1 amide bonds. The third-order valence-corrected chi connectivity index (χ3v) is 4.44. The zero-order valence-electron chi connectivity index (χ0n) is 13.7. The van der Waals surface area contributed by atoms with Crippen LogP contribution in [0.1, 0.15) is 28.6 Å². The normalized spacial score (nSPS) is 19.7. The molecule has 5 heteroatoms. The van der Waals surface area contributed by atoms with Gasteiger partial charge in [-0.15, -0.1) is 0 Å². The summed E-state index contributed by atoms with van der Waals surface area (Å²) in [5, 5.41) is 3.12. The van der Waals surface area contributed by atoms with Gasteiger partial charge in [-0.25, -0.2) is 4.98 Å². The highest BCUT2D eigenvalue weighted by molar-refractivity contribution is 5.93. The Morgan fingerprint density at radius 3 is 2.56 bits per heavy atom. The number of hydrogen-bond acceptors (Lipinski definition) is 3. The maximum atomic E-state index is 12.8. The quantitative estimate of drug-likeness (QED) is 0.798. The fourth-order valence-electron chi connectivity index (χ4n) is 3.21. The van der Waals surface area contributed by atoms with Crippen molar-refractivity contribution in [1.82, 2.24) is 14.9 Å². The Kier molecular flexibility index (Phi) is 4.31. The summed E-state index contributed by atoms with van der Waals surface area (Å²) < 4.78 is 7.64. The molecule has 0 aliphatic carbocycles.